The minimum atomic E-state index is -3.22. The van der Waals surface area contributed by atoms with Crippen LogP contribution in [0.2, 0.25) is 0 Å². The molecule has 2 aromatic heterocycles. The van der Waals surface area contributed by atoms with Gasteiger partial charge in [-0.3, -0.25) is 4.79 Å². The molecule has 0 aliphatic rings. The molecule has 0 aliphatic heterocycles. The summed E-state index contributed by atoms with van der Waals surface area (Å²) in [5.41, 5.74) is 0. The van der Waals surface area contributed by atoms with Crippen molar-refractivity contribution in [1.29, 1.82) is 0 Å². The number of halogens is 1. The number of hydrogen-bond acceptors (Lipinski definition) is 7. The molecule has 0 atom stereocenters. The van der Waals surface area contributed by atoms with Crippen LogP contribution in [0.25, 0.3) is 0 Å². The smallest absolute Gasteiger partial charge is 0.348 e. The van der Waals surface area contributed by atoms with Gasteiger partial charge in [-0.05, 0) is 46.6 Å². The lowest BCUT2D eigenvalue weighted by atomic mass is 10.3. The van der Waals surface area contributed by atoms with Gasteiger partial charge in [0, 0.05) is 11.4 Å². The topological polar surface area (TPSA) is 89.5 Å². The number of thiophene rings is 2. The molecule has 0 radical (unpaired) electrons. The summed E-state index contributed by atoms with van der Waals surface area (Å²) in [7, 11) is -3.22. The Kier molecular flexibility index (Phi) is 6.70. The molecule has 2 heterocycles. The summed E-state index contributed by atoms with van der Waals surface area (Å²) in [5.74, 6) is -0.820. The number of nitrogens with one attached hydrogen (secondary N) is 1. The van der Waals surface area contributed by atoms with Crippen molar-refractivity contribution >= 4 is 60.4 Å². The largest absolute Gasteiger partial charge is 0.453 e. The Labute approximate surface area is 156 Å². The number of sulfonamides is 1. The maximum absolute atomic E-state index is 12.0. The SMILES string of the molecule is CS(=O)(=O)NCCc1ccc(C(=O)COC(=O)c2ccc(Br)s2)s1. The fourth-order valence-electron chi connectivity index (χ4n) is 1.72. The first-order chi connectivity index (χ1) is 11.2. The summed E-state index contributed by atoms with van der Waals surface area (Å²) in [6.45, 7) is -0.0505. The van der Waals surface area contributed by atoms with Gasteiger partial charge in [0.15, 0.2) is 6.61 Å². The number of carbonyl (C=O) groups is 2. The average molecular weight is 452 g/mol. The molecule has 0 aliphatic carbocycles. The molecule has 0 saturated carbocycles. The van der Waals surface area contributed by atoms with Gasteiger partial charge < -0.3 is 4.74 Å². The van der Waals surface area contributed by atoms with Gasteiger partial charge in [-0.15, -0.1) is 22.7 Å². The predicted molar refractivity (Wildman–Crippen MR) is 97.5 cm³/mol. The first-order valence-electron chi connectivity index (χ1n) is 6.73. The molecular weight excluding hydrogens is 438 g/mol. The summed E-state index contributed by atoms with van der Waals surface area (Å²) in [6, 6.07) is 6.77. The van der Waals surface area contributed by atoms with Crippen molar-refractivity contribution in [3.8, 4) is 0 Å². The Morgan fingerprint density at radius 2 is 1.88 bits per heavy atom. The number of Topliss-reactive ketones (excluding diaryl/α,β-unsaturated/α-hetero) is 1. The number of esters is 1. The van der Waals surface area contributed by atoms with Gasteiger partial charge in [0.25, 0.3) is 0 Å². The van der Waals surface area contributed by atoms with Crippen LogP contribution >= 0.6 is 38.6 Å². The van der Waals surface area contributed by atoms with E-state index < -0.39 is 16.0 Å². The van der Waals surface area contributed by atoms with Gasteiger partial charge in [-0.25, -0.2) is 17.9 Å². The van der Waals surface area contributed by atoms with E-state index in [2.05, 4.69) is 20.7 Å². The zero-order valence-electron chi connectivity index (χ0n) is 12.6. The lowest BCUT2D eigenvalue weighted by Gasteiger charge is -2.01. The second kappa shape index (κ2) is 8.34. The Morgan fingerprint density at radius 3 is 2.50 bits per heavy atom. The Bertz CT molecular complexity index is 840. The van der Waals surface area contributed by atoms with Gasteiger partial charge in [0.05, 0.1) is 14.9 Å². The van der Waals surface area contributed by atoms with Gasteiger partial charge >= 0.3 is 5.97 Å². The van der Waals surface area contributed by atoms with E-state index in [1.54, 1.807) is 24.3 Å². The molecule has 10 heteroatoms. The molecule has 0 bridgehead atoms. The third kappa shape index (κ3) is 6.10. The fraction of sp³-hybridized carbons (Fsp3) is 0.286. The molecule has 0 aromatic carbocycles. The van der Waals surface area contributed by atoms with Crippen LogP contribution in [-0.2, 0) is 21.2 Å². The predicted octanol–water partition coefficient (Wildman–Crippen LogP) is 2.70. The summed E-state index contributed by atoms with van der Waals surface area (Å²) in [5, 5.41) is 0. The zero-order chi connectivity index (χ0) is 17.7. The molecule has 0 spiro atoms. The normalized spacial score (nSPS) is 11.4. The fourth-order valence-corrected chi connectivity index (χ4v) is 4.40. The second-order valence-corrected chi connectivity index (χ2v) is 10.2. The van der Waals surface area contributed by atoms with Crippen LogP contribution in [0.5, 0.6) is 0 Å². The van der Waals surface area contributed by atoms with Crippen molar-refractivity contribution in [3.63, 3.8) is 0 Å². The van der Waals surface area contributed by atoms with Crippen LogP contribution in [0.3, 0.4) is 0 Å². The monoisotopic (exact) mass is 451 g/mol. The van der Waals surface area contributed by atoms with Crippen LogP contribution in [0.15, 0.2) is 28.1 Å². The molecule has 2 rings (SSSR count). The number of hydrogen-bond donors (Lipinski definition) is 1. The van der Waals surface area contributed by atoms with Gasteiger partial charge in [0.1, 0.15) is 4.88 Å². The van der Waals surface area contributed by atoms with E-state index in [1.807, 2.05) is 0 Å². The molecule has 130 valence electrons. The van der Waals surface area contributed by atoms with Gasteiger partial charge in [0.2, 0.25) is 15.8 Å². The van der Waals surface area contributed by atoms with E-state index in [0.29, 0.717) is 16.2 Å². The molecule has 0 fully saturated rings. The number of ether oxygens (including phenoxy) is 1. The third-order valence-electron chi connectivity index (χ3n) is 2.78. The zero-order valence-corrected chi connectivity index (χ0v) is 16.6. The Morgan fingerprint density at radius 1 is 1.17 bits per heavy atom. The first kappa shape index (κ1) is 19.3. The third-order valence-corrected chi connectivity index (χ3v) is 6.30. The number of ketones is 1. The van der Waals surface area contributed by atoms with E-state index in [1.165, 1.54) is 22.7 Å². The standard InChI is InChI=1S/C14H14BrNO5S3/c1-24(19,20)16-7-6-9-2-3-11(22-9)10(17)8-21-14(18)12-4-5-13(15)23-12/h2-5,16H,6-8H2,1H3. The summed E-state index contributed by atoms with van der Waals surface area (Å²) in [4.78, 5) is 25.6. The Hall–Kier alpha value is -1.07. The minimum Gasteiger partial charge on any atom is -0.453 e. The van der Waals surface area contributed by atoms with Crippen LogP contribution in [0, 0.1) is 0 Å². The van der Waals surface area contributed by atoms with Gasteiger partial charge in [-0.2, -0.15) is 0 Å². The molecule has 0 unspecified atom stereocenters. The molecule has 0 amide bonds. The van der Waals surface area contributed by atoms with Crippen molar-refractivity contribution in [3.05, 3.63) is 42.7 Å². The maximum atomic E-state index is 12.0. The van der Waals surface area contributed by atoms with Crippen molar-refractivity contribution in [1.82, 2.24) is 4.72 Å². The minimum absolute atomic E-state index is 0.273. The average Bonchev–Trinajstić information content (AvgIpc) is 3.12. The highest BCUT2D eigenvalue weighted by molar-refractivity contribution is 9.11. The van der Waals surface area contributed by atoms with Gasteiger partial charge in [-0.1, -0.05) is 0 Å². The number of carbonyl (C=O) groups excluding carboxylic acids is 2. The quantitative estimate of drug-likeness (QED) is 0.492. The highest BCUT2D eigenvalue weighted by Gasteiger charge is 2.15. The summed E-state index contributed by atoms with van der Waals surface area (Å²) in [6.07, 6.45) is 1.59. The molecule has 0 saturated heterocycles. The van der Waals surface area contributed by atoms with E-state index in [-0.39, 0.29) is 18.9 Å². The maximum Gasteiger partial charge on any atom is 0.348 e. The van der Waals surface area contributed by atoms with Crippen molar-refractivity contribution < 1.29 is 22.7 Å². The summed E-state index contributed by atoms with van der Waals surface area (Å²) >= 11 is 5.75. The highest BCUT2D eigenvalue weighted by atomic mass is 79.9. The lowest BCUT2D eigenvalue weighted by Crippen LogP contribution is -2.24. The van der Waals surface area contributed by atoms with E-state index in [4.69, 9.17) is 4.74 Å². The van der Waals surface area contributed by atoms with E-state index >= 15 is 0 Å². The molecule has 2 aromatic rings. The van der Waals surface area contributed by atoms with E-state index in [9.17, 15) is 18.0 Å². The number of rotatable bonds is 8. The molecular formula is C14H14BrNO5S3. The van der Waals surface area contributed by atoms with Crippen LogP contribution < -0.4 is 4.72 Å². The first-order valence-corrected chi connectivity index (χ1v) is 11.1. The van der Waals surface area contributed by atoms with Crippen LogP contribution in [0.1, 0.15) is 24.2 Å². The highest BCUT2D eigenvalue weighted by Crippen LogP contribution is 2.23. The van der Waals surface area contributed by atoms with Crippen LogP contribution in [0.4, 0.5) is 0 Å². The van der Waals surface area contributed by atoms with Crippen molar-refractivity contribution in [2.24, 2.45) is 0 Å². The lowest BCUT2D eigenvalue weighted by molar-refractivity contribution is 0.0480. The summed E-state index contributed by atoms with van der Waals surface area (Å²) < 4.78 is 30.2. The van der Waals surface area contributed by atoms with Crippen molar-refractivity contribution in [2.75, 3.05) is 19.4 Å². The molecule has 6 nitrogen and oxygen atoms in total. The molecule has 1 N–H and O–H groups in total. The Balaban J connectivity index is 1.83. The second-order valence-electron chi connectivity index (χ2n) is 4.79. The van der Waals surface area contributed by atoms with Crippen molar-refractivity contribution in [2.45, 2.75) is 6.42 Å². The molecule has 24 heavy (non-hydrogen) atoms. The van der Waals surface area contributed by atoms with Crippen LogP contribution in [-0.4, -0.2) is 39.6 Å². The van der Waals surface area contributed by atoms with E-state index in [0.717, 1.165) is 14.9 Å².